The highest BCUT2D eigenvalue weighted by molar-refractivity contribution is 7.88. The van der Waals surface area contributed by atoms with Crippen molar-refractivity contribution in [2.75, 3.05) is 0 Å². The number of halogens is 9. The molecule has 77 heavy (non-hydrogen) atoms. The molecule has 0 N–H and O–H groups in total. The molecule has 3 aromatic heterocycles. The van der Waals surface area contributed by atoms with Gasteiger partial charge in [0.15, 0.2) is 0 Å². The molecule has 0 unspecified atom stereocenters. The Labute approximate surface area is 434 Å². The number of ether oxygens (including phenoxy) is 4. The summed E-state index contributed by atoms with van der Waals surface area (Å²) in [5, 5.41) is -6.95. The Kier molecular flexibility index (Phi) is 16.4. The van der Waals surface area contributed by atoms with E-state index in [4.69, 9.17) is 18.9 Å². The number of pyridine rings is 1. The summed E-state index contributed by atoms with van der Waals surface area (Å²) in [4.78, 5) is 56.5. The van der Waals surface area contributed by atoms with Crippen LogP contribution in [0.15, 0.2) is 122 Å². The summed E-state index contributed by atoms with van der Waals surface area (Å²) in [5.41, 5.74) is 1.91. The van der Waals surface area contributed by atoms with Crippen LogP contribution in [0.1, 0.15) is 84.8 Å². The third kappa shape index (κ3) is 12.4. The number of carbonyl (C=O) groups excluding carboxylic acids is 4. The van der Waals surface area contributed by atoms with E-state index < -0.39 is 85.4 Å². The van der Waals surface area contributed by atoms with Gasteiger partial charge in [-0.1, -0.05) is 72.8 Å². The molecule has 0 fully saturated rings. The fourth-order valence-corrected chi connectivity index (χ4v) is 8.37. The zero-order chi connectivity index (χ0) is 57.3. The lowest BCUT2D eigenvalue weighted by Gasteiger charge is -2.32. The summed E-state index contributed by atoms with van der Waals surface area (Å²) in [6, 6.07) is 28.7. The number of fused-ring (bicyclic) bond motifs is 2. The van der Waals surface area contributed by atoms with E-state index in [-0.39, 0.29) is 24.4 Å². The van der Waals surface area contributed by atoms with Crippen molar-refractivity contribution in [3.05, 3.63) is 155 Å². The minimum atomic E-state index is -7.52. The number of aromatic nitrogens is 3. The van der Waals surface area contributed by atoms with Gasteiger partial charge in [-0.15, -0.1) is 0 Å². The van der Waals surface area contributed by atoms with Crippen molar-refractivity contribution in [1.82, 2.24) is 14.1 Å². The molecule has 0 radical (unpaired) electrons. The highest BCUT2D eigenvalue weighted by Gasteiger charge is 2.86. The summed E-state index contributed by atoms with van der Waals surface area (Å²) >= 11 is 0. The van der Waals surface area contributed by atoms with Crippen LogP contribution in [-0.4, -0.2) is 81.1 Å². The van der Waals surface area contributed by atoms with Crippen molar-refractivity contribution < 1.29 is 90.2 Å². The van der Waals surface area contributed by atoms with Crippen LogP contribution in [0, 0.1) is 13.8 Å². The molecule has 0 bridgehead atoms. The molecule has 0 saturated heterocycles. The van der Waals surface area contributed by atoms with E-state index in [9.17, 15) is 67.1 Å². The molecule has 0 atom stereocenters. The van der Waals surface area contributed by atoms with E-state index >= 15 is 0 Å². The van der Waals surface area contributed by atoms with Crippen LogP contribution in [0.25, 0.3) is 32.9 Å². The minimum absolute atomic E-state index is 0.139. The molecule has 0 aliphatic carbocycles. The van der Waals surface area contributed by atoms with E-state index in [0.29, 0.717) is 39.9 Å². The predicted molar refractivity (Wildman–Crippen MR) is 261 cm³/mol. The predicted octanol–water partition coefficient (Wildman–Crippen LogP) is 13.4. The fourth-order valence-electron chi connectivity index (χ4n) is 7.47. The van der Waals surface area contributed by atoms with Gasteiger partial charge in [-0.3, -0.25) is 4.98 Å². The average Bonchev–Trinajstić information content (AvgIpc) is 3.81. The van der Waals surface area contributed by atoms with Crippen LogP contribution in [0.2, 0.25) is 0 Å². The molecule has 0 spiro atoms. The van der Waals surface area contributed by atoms with Gasteiger partial charge in [-0.05, 0) is 108 Å². The van der Waals surface area contributed by atoms with E-state index in [1.165, 1.54) is 32.3 Å². The van der Waals surface area contributed by atoms with Gasteiger partial charge in [0.2, 0.25) is 0 Å². The number of alkyl halides is 9. The van der Waals surface area contributed by atoms with Crippen molar-refractivity contribution >= 4 is 56.0 Å². The van der Waals surface area contributed by atoms with E-state index in [2.05, 4.69) is 9.17 Å². The van der Waals surface area contributed by atoms with Crippen LogP contribution < -0.4 is 4.18 Å². The van der Waals surface area contributed by atoms with Gasteiger partial charge in [0.1, 0.15) is 30.2 Å². The molecular formula is C53H48F9N3O11S. The lowest BCUT2D eigenvalue weighted by molar-refractivity contribution is -0.382. The molecular weight excluding hydrogens is 1060 g/mol. The van der Waals surface area contributed by atoms with Gasteiger partial charge in [-0.25, -0.2) is 28.3 Å². The van der Waals surface area contributed by atoms with Crippen LogP contribution in [0.5, 0.6) is 5.75 Å². The van der Waals surface area contributed by atoms with Gasteiger partial charge in [-0.2, -0.15) is 47.9 Å². The summed E-state index contributed by atoms with van der Waals surface area (Å²) in [7, 11) is -7.28. The highest BCUT2D eigenvalue weighted by atomic mass is 32.2. The molecule has 24 heteroatoms. The van der Waals surface area contributed by atoms with Gasteiger partial charge >= 0.3 is 57.5 Å². The maximum absolute atomic E-state index is 14.2. The number of hydrogen-bond acceptors (Lipinski definition) is 12. The molecule has 0 amide bonds. The topological polar surface area (TPSA) is 171 Å². The van der Waals surface area contributed by atoms with Crippen molar-refractivity contribution in [1.29, 1.82) is 0 Å². The summed E-state index contributed by atoms with van der Waals surface area (Å²) in [5.74, 6) is -18.0. The number of carbonyl (C=O) groups is 4. The first kappa shape index (κ1) is 58.4. The average molecular weight is 1110 g/mol. The summed E-state index contributed by atoms with van der Waals surface area (Å²) in [6.07, 6.45) is -5.43. The standard InChI is InChI=1S/C27H26N2O4.C26H22F9NO7S/c1-18-24(25(30)32-17-19-9-6-5-7-10-19)22-15-20(21-11-8-14-28-16-21)12-13-23(22)29(18)26(31)33-27(2,3)4;1-14-19(20(37)41-13-15-8-6-5-7-9-15)17-12-16(10-11-18(17)36(14)21(38)42-22(2,3)4)43-44(39,40)26(34,35)24(29,30)23(27,28)25(31,32)33/h5-16H,17H2,1-4H3;5-12H,13H2,1-4H3. The van der Waals surface area contributed by atoms with Crippen molar-refractivity contribution in [2.24, 2.45) is 0 Å². The first-order valence-corrected chi connectivity index (χ1v) is 24.2. The Morgan fingerprint density at radius 3 is 1.40 bits per heavy atom. The normalized spacial score (nSPS) is 12.6. The summed E-state index contributed by atoms with van der Waals surface area (Å²) in [6.45, 7) is 12.7. The van der Waals surface area contributed by atoms with Crippen molar-refractivity contribution in [3.8, 4) is 16.9 Å². The lowest BCUT2D eigenvalue weighted by Crippen LogP contribution is -2.63. The fraction of sp³-hybridized carbons (Fsp3) is 0.302. The third-order valence-corrected chi connectivity index (χ3v) is 12.3. The van der Waals surface area contributed by atoms with Crippen LogP contribution in [0.4, 0.5) is 49.1 Å². The molecule has 0 aliphatic rings. The first-order chi connectivity index (χ1) is 35.6. The molecule has 410 valence electrons. The van der Waals surface area contributed by atoms with E-state index in [1.54, 1.807) is 49.6 Å². The minimum Gasteiger partial charge on any atom is -0.457 e. The third-order valence-electron chi connectivity index (χ3n) is 11.0. The number of nitrogens with zero attached hydrogens (tertiary/aromatic N) is 3. The van der Waals surface area contributed by atoms with Crippen LogP contribution in [-0.2, 0) is 42.3 Å². The number of benzene rings is 4. The van der Waals surface area contributed by atoms with Gasteiger partial charge in [0.25, 0.3) is 0 Å². The lowest BCUT2D eigenvalue weighted by atomic mass is 10.0. The van der Waals surface area contributed by atoms with Crippen LogP contribution in [0.3, 0.4) is 0 Å². The molecule has 0 aliphatic heterocycles. The molecule has 14 nitrogen and oxygen atoms in total. The highest BCUT2D eigenvalue weighted by Crippen LogP contribution is 2.55. The zero-order valence-electron chi connectivity index (χ0n) is 42.1. The van der Waals surface area contributed by atoms with Crippen molar-refractivity contribution in [2.45, 2.75) is 103 Å². The maximum atomic E-state index is 14.2. The molecule has 7 aromatic rings. The Balaban J connectivity index is 0.000000259. The molecule has 7 rings (SSSR count). The Bertz CT molecular complexity index is 3440. The van der Waals surface area contributed by atoms with Gasteiger partial charge < -0.3 is 23.1 Å². The quantitative estimate of drug-likeness (QED) is 0.0491. The monoisotopic (exact) mass is 1110 g/mol. The van der Waals surface area contributed by atoms with Gasteiger partial charge in [0, 0.05) is 40.1 Å². The Morgan fingerprint density at radius 1 is 0.545 bits per heavy atom. The second-order valence-electron chi connectivity index (χ2n) is 19.0. The SMILES string of the molecule is Cc1c(C(=O)OCc2ccccc2)c2cc(-c3cccnc3)ccc2n1C(=O)OC(C)(C)C.Cc1c(C(=O)OCc2ccccc2)c2cc(OS(=O)(=O)C(F)(F)C(F)(F)C(F)(F)C(F)(F)F)ccc2n1C(=O)OC(C)(C)C. The molecule has 4 aromatic carbocycles. The Morgan fingerprint density at radius 2 is 0.987 bits per heavy atom. The van der Waals surface area contributed by atoms with Crippen molar-refractivity contribution in [3.63, 3.8) is 0 Å². The number of rotatable bonds is 12. The van der Waals surface area contributed by atoms with Crippen LogP contribution >= 0.6 is 0 Å². The van der Waals surface area contributed by atoms with E-state index in [0.717, 1.165) is 27.3 Å². The second-order valence-corrected chi connectivity index (χ2v) is 20.6. The molecule has 3 heterocycles. The number of hydrogen-bond donors (Lipinski definition) is 0. The van der Waals surface area contributed by atoms with E-state index in [1.807, 2.05) is 81.4 Å². The second kappa shape index (κ2) is 21.6. The first-order valence-electron chi connectivity index (χ1n) is 22.8. The largest absolute Gasteiger partial charge is 0.460 e. The molecule has 0 saturated carbocycles. The summed E-state index contributed by atoms with van der Waals surface area (Å²) < 4.78 is 172. The number of esters is 2. The zero-order valence-corrected chi connectivity index (χ0v) is 42.9. The smallest absolute Gasteiger partial charge is 0.457 e. The Hall–Kier alpha value is -7.89. The maximum Gasteiger partial charge on any atom is 0.460 e. The van der Waals surface area contributed by atoms with Gasteiger partial charge in [0.05, 0.1) is 22.2 Å².